The molecule has 2 unspecified atom stereocenters. The van der Waals surface area contributed by atoms with E-state index in [9.17, 15) is 4.79 Å². The summed E-state index contributed by atoms with van der Waals surface area (Å²) in [6.07, 6.45) is 3.84. The van der Waals surface area contributed by atoms with Gasteiger partial charge in [-0.25, -0.2) is 4.68 Å². The number of carbonyl (C=O) groups is 1. The fraction of sp³-hybridized carbons (Fsp3) is 0.524. The topological polar surface area (TPSA) is 73.4 Å². The Morgan fingerprint density at radius 2 is 2.04 bits per heavy atom. The van der Waals surface area contributed by atoms with Gasteiger partial charge < -0.3 is 15.4 Å². The second kappa shape index (κ2) is 8.57. The first-order valence-corrected chi connectivity index (χ1v) is 9.78. The predicted octanol–water partition coefficient (Wildman–Crippen LogP) is 3.11. The van der Waals surface area contributed by atoms with Crippen molar-refractivity contribution in [3.8, 4) is 11.4 Å². The van der Waals surface area contributed by atoms with Crippen molar-refractivity contribution in [3.63, 3.8) is 0 Å². The van der Waals surface area contributed by atoms with Gasteiger partial charge in [-0.2, -0.15) is 5.10 Å². The third kappa shape index (κ3) is 4.69. The molecule has 27 heavy (non-hydrogen) atoms. The van der Waals surface area contributed by atoms with Crippen LogP contribution >= 0.6 is 0 Å². The number of aromatic nitrogens is 2. The van der Waals surface area contributed by atoms with E-state index in [1.54, 1.807) is 10.9 Å². The maximum atomic E-state index is 13.2. The Hall–Kier alpha value is -2.34. The number of nitrogens with two attached hydrogens (primary N) is 1. The SMILES string of the molecule is CC(C)COc1cn(-c2ccccc2)nc1C(=O)N1CCCC(C(C)N)C1. The second-order valence-corrected chi connectivity index (χ2v) is 7.84. The summed E-state index contributed by atoms with van der Waals surface area (Å²) >= 11 is 0. The highest BCUT2D eigenvalue weighted by molar-refractivity contribution is 5.95. The quantitative estimate of drug-likeness (QED) is 0.848. The standard InChI is InChI=1S/C21H30N4O2/c1-15(2)14-27-19-13-25(18-9-5-4-6-10-18)23-20(19)21(26)24-11-7-8-17(12-24)16(3)22/h4-6,9-10,13,15-17H,7-8,11-12,14,22H2,1-3H3. The Morgan fingerprint density at radius 1 is 1.30 bits per heavy atom. The molecule has 0 spiro atoms. The van der Waals surface area contributed by atoms with E-state index in [1.807, 2.05) is 42.2 Å². The molecule has 0 aliphatic carbocycles. The Labute approximate surface area is 161 Å². The van der Waals surface area contributed by atoms with E-state index >= 15 is 0 Å². The number of carbonyl (C=O) groups excluding carboxylic acids is 1. The molecule has 146 valence electrons. The number of nitrogens with zero attached hydrogens (tertiary/aromatic N) is 3. The summed E-state index contributed by atoms with van der Waals surface area (Å²) < 4.78 is 7.65. The zero-order valence-electron chi connectivity index (χ0n) is 16.5. The van der Waals surface area contributed by atoms with Gasteiger partial charge in [-0.05, 0) is 43.7 Å². The van der Waals surface area contributed by atoms with Crippen molar-refractivity contribution >= 4 is 5.91 Å². The van der Waals surface area contributed by atoms with Gasteiger partial charge in [0.1, 0.15) is 0 Å². The number of hydrogen-bond acceptors (Lipinski definition) is 4. The van der Waals surface area contributed by atoms with Crippen LogP contribution in [0, 0.1) is 11.8 Å². The molecule has 3 rings (SSSR count). The largest absolute Gasteiger partial charge is 0.489 e. The molecule has 1 aliphatic heterocycles. The van der Waals surface area contributed by atoms with Crippen LogP contribution in [0.25, 0.3) is 5.69 Å². The lowest BCUT2D eigenvalue weighted by molar-refractivity contribution is 0.0649. The molecule has 2 atom stereocenters. The third-order valence-corrected chi connectivity index (χ3v) is 4.96. The highest BCUT2D eigenvalue weighted by Crippen LogP contribution is 2.25. The minimum atomic E-state index is -0.0752. The molecule has 6 nitrogen and oxygen atoms in total. The van der Waals surface area contributed by atoms with Gasteiger partial charge in [0.25, 0.3) is 5.91 Å². The van der Waals surface area contributed by atoms with Crippen LogP contribution in [0.1, 0.15) is 44.1 Å². The number of likely N-dealkylation sites (tertiary alicyclic amines) is 1. The maximum absolute atomic E-state index is 13.2. The lowest BCUT2D eigenvalue weighted by Crippen LogP contribution is -2.45. The average Bonchev–Trinajstić information content (AvgIpc) is 3.11. The lowest BCUT2D eigenvalue weighted by Gasteiger charge is -2.34. The van der Waals surface area contributed by atoms with Crippen molar-refractivity contribution < 1.29 is 9.53 Å². The Kier molecular flexibility index (Phi) is 6.16. The van der Waals surface area contributed by atoms with Crippen LogP contribution in [-0.2, 0) is 0 Å². The summed E-state index contributed by atoms with van der Waals surface area (Å²) in [7, 11) is 0. The van der Waals surface area contributed by atoms with E-state index < -0.39 is 0 Å². The van der Waals surface area contributed by atoms with E-state index in [0.717, 1.165) is 25.1 Å². The van der Waals surface area contributed by atoms with Gasteiger partial charge in [0.2, 0.25) is 0 Å². The molecule has 1 fully saturated rings. The highest BCUT2D eigenvalue weighted by atomic mass is 16.5. The Morgan fingerprint density at radius 3 is 2.70 bits per heavy atom. The van der Waals surface area contributed by atoms with Gasteiger partial charge >= 0.3 is 0 Å². The lowest BCUT2D eigenvalue weighted by atomic mass is 9.92. The molecule has 1 aromatic heterocycles. The minimum Gasteiger partial charge on any atom is -0.489 e. The van der Waals surface area contributed by atoms with Crippen LogP contribution < -0.4 is 10.5 Å². The van der Waals surface area contributed by atoms with Gasteiger partial charge in [-0.3, -0.25) is 4.79 Å². The van der Waals surface area contributed by atoms with E-state index in [0.29, 0.717) is 36.4 Å². The molecular formula is C21H30N4O2. The second-order valence-electron chi connectivity index (χ2n) is 7.84. The normalized spacial score (nSPS) is 18.6. The molecule has 2 N–H and O–H groups in total. The van der Waals surface area contributed by atoms with Crippen LogP contribution in [0.3, 0.4) is 0 Å². The number of hydrogen-bond donors (Lipinski definition) is 1. The summed E-state index contributed by atoms with van der Waals surface area (Å²) in [5.41, 5.74) is 7.36. The van der Waals surface area contributed by atoms with Gasteiger partial charge in [0, 0.05) is 19.1 Å². The van der Waals surface area contributed by atoms with Gasteiger partial charge in [-0.1, -0.05) is 32.0 Å². The third-order valence-electron chi connectivity index (χ3n) is 4.96. The number of amides is 1. The molecule has 1 aliphatic rings. The van der Waals surface area contributed by atoms with Crippen LogP contribution in [-0.4, -0.2) is 46.3 Å². The molecular weight excluding hydrogens is 340 g/mol. The van der Waals surface area contributed by atoms with Gasteiger partial charge in [-0.15, -0.1) is 0 Å². The summed E-state index contributed by atoms with van der Waals surface area (Å²) in [6, 6.07) is 9.85. The molecule has 1 saturated heterocycles. The van der Waals surface area contributed by atoms with Crippen molar-refractivity contribution in [2.75, 3.05) is 19.7 Å². The van der Waals surface area contributed by atoms with Gasteiger partial charge in [0.15, 0.2) is 11.4 Å². The van der Waals surface area contributed by atoms with Crippen molar-refractivity contribution in [1.29, 1.82) is 0 Å². The van der Waals surface area contributed by atoms with Gasteiger partial charge in [0.05, 0.1) is 18.5 Å². The van der Waals surface area contributed by atoms with Crippen LogP contribution in [0.15, 0.2) is 36.5 Å². The first kappa shape index (κ1) is 19.4. The Bertz CT molecular complexity index is 755. The molecule has 0 bridgehead atoms. The van der Waals surface area contributed by atoms with Crippen LogP contribution in [0.4, 0.5) is 0 Å². The number of para-hydroxylation sites is 1. The van der Waals surface area contributed by atoms with Crippen molar-refractivity contribution in [2.24, 2.45) is 17.6 Å². The number of benzene rings is 1. The number of ether oxygens (including phenoxy) is 1. The maximum Gasteiger partial charge on any atom is 0.278 e. The summed E-state index contributed by atoms with van der Waals surface area (Å²) in [4.78, 5) is 15.1. The van der Waals surface area contributed by atoms with E-state index in [-0.39, 0.29) is 11.9 Å². The zero-order valence-corrected chi connectivity index (χ0v) is 16.5. The van der Waals surface area contributed by atoms with E-state index in [2.05, 4.69) is 18.9 Å². The van der Waals surface area contributed by atoms with Crippen LogP contribution in [0.2, 0.25) is 0 Å². The molecule has 0 radical (unpaired) electrons. The van der Waals surface area contributed by atoms with E-state index in [4.69, 9.17) is 10.5 Å². The molecule has 6 heteroatoms. The van der Waals surface area contributed by atoms with Crippen molar-refractivity contribution in [2.45, 2.75) is 39.7 Å². The summed E-state index contributed by atoms with van der Waals surface area (Å²) in [5.74, 6) is 1.17. The minimum absolute atomic E-state index is 0.0752. The number of piperidine rings is 1. The first-order valence-electron chi connectivity index (χ1n) is 9.78. The van der Waals surface area contributed by atoms with Crippen molar-refractivity contribution in [3.05, 3.63) is 42.2 Å². The molecule has 0 saturated carbocycles. The summed E-state index contributed by atoms with van der Waals surface area (Å²) in [6.45, 7) is 8.15. The molecule has 1 aromatic carbocycles. The molecule has 2 heterocycles. The average molecular weight is 370 g/mol. The highest BCUT2D eigenvalue weighted by Gasteiger charge is 2.30. The number of rotatable bonds is 6. The smallest absolute Gasteiger partial charge is 0.278 e. The van der Waals surface area contributed by atoms with Crippen LogP contribution in [0.5, 0.6) is 5.75 Å². The fourth-order valence-corrected chi connectivity index (χ4v) is 3.35. The first-order chi connectivity index (χ1) is 13.0. The van der Waals surface area contributed by atoms with E-state index in [1.165, 1.54) is 0 Å². The monoisotopic (exact) mass is 370 g/mol. The predicted molar refractivity (Wildman–Crippen MR) is 106 cm³/mol. The summed E-state index contributed by atoms with van der Waals surface area (Å²) in [5, 5.41) is 4.57. The zero-order chi connectivity index (χ0) is 19.4. The van der Waals surface area contributed by atoms with Crippen molar-refractivity contribution in [1.82, 2.24) is 14.7 Å². The molecule has 1 amide bonds. The molecule has 2 aromatic rings. The fourth-order valence-electron chi connectivity index (χ4n) is 3.35. The Balaban J connectivity index is 1.87.